The zero-order valence-electron chi connectivity index (χ0n) is 18.3. The van der Waals surface area contributed by atoms with Crippen LogP contribution in [0.3, 0.4) is 0 Å². The Hall–Kier alpha value is -3.49. The van der Waals surface area contributed by atoms with Crippen molar-refractivity contribution in [2.45, 2.75) is 12.6 Å². The fourth-order valence-electron chi connectivity index (χ4n) is 4.60. The molecule has 1 atom stereocenters. The number of phenolic OH excluding ortho intramolecular Hbond substituents is 1. The molecule has 0 saturated carbocycles. The van der Waals surface area contributed by atoms with Crippen molar-refractivity contribution in [1.82, 2.24) is 13.7 Å². The summed E-state index contributed by atoms with van der Waals surface area (Å²) < 4.78 is 16.0. The van der Waals surface area contributed by atoms with Gasteiger partial charge < -0.3 is 19.1 Å². The quantitative estimate of drug-likeness (QED) is 0.500. The van der Waals surface area contributed by atoms with Crippen LogP contribution in [0.5, 0.6) is 11.5 Å². The lowest BCUT2D eigenvalue weighted by Crippen LogP contribution is -2.37. The van der Waals surface area contributed by atoms with Gasteiger partial charge in [0.15, 0.2) is 0 Å². The molecule has 4 aromatic rings. The number of ether oxygens (including phenoxy) is 2. The first kappa shape index (κ1) is 21.4. The standard InChI is InChI=1S/C24H22ClN3O5/c1-26-20-18(23(30)27(2)24(26)31)19(13-4-7-15(32-3)8-5-13)28-10-11-33-22(21(20)28)16-12-14(25)6-9-17(16)29/h4-9,12,22,29H,10-11H2,1-3H3/t22-/m1/s1. The van der Waals surface area contributed by atoms with Crippen molar-refractivity contribution in [3.8, 4) is 22.8 Å². The number of methoxy groups -OCH3 is 1. The predicted octanol–water partition coefficient (Wildman–Crippen LogP) is 3.19. The van der Waals surface area contributed by atoms with Crippen molar-refractivity contribution in [3.05, 3.63) is 79.6 Å². The molecule has 2 aromatic carbocycles. The summed E-state index contributed by atoms with van der Waals surface area (Å²) >= 11 is 6.22. The summed E-state index contributed by atoms with van der Waals surface area (Å²) in [5.41, 5.74) is 2.22. The van der Waals surface area contributed by atoms with Gasteiger partial charge in [-0.1, -0.05) is 11.6 Å². The summed E-state index contributed by atoms with van der Waals surface area (Å²) in [4.78, 5) is 26.3. The van der Waals surface area contributed by atoms with Crippen LogP contribution in [-0.4, -0.2) is 32.5 Å². The molecule has 0 saturated heterocycles. The Labute approximate surface area is 193 Å². The Bertz CT molecular complexity index is 1510. The van der Waals surface area contributed by atoms with E-state index >= 15 is 0 Å². The summed E-state index contributed by atoms with van der Waals surface area (Å²) in [6.07, 6.45) is -0.718. The number of aryl methyl sites for hydroxylation is 1. The van der Waals surface area contributed by atoms with Crippen molar-refractivity contribution in [2.24, 2.45) is 14.1 Å². The second-order valence-electron chi connectivity index (χ2n) is 8.00. The van der Waals surface area contributed by atoms with E-state index in [0.29, 0.717) is 51.8 Å². The van der Waals surface area contributed by atoms with Gasteiger partial charge in [-0.15, -0.1) is 0 Å². The molecule has 1 aliphatic rings. The smallest absolute Gasteiger partial charge is 0.331 e. The van der Waals surface area contributed by atoms with E-state index in [4.69, 9.17) is 21.1 Å². The van der Waals surface area contributed by atoms with Crippen molar-refractivity contribution in [1.29, 1.82) is 0 Å². The Morgan fingerprint density at radius 1 is 1.09 bits per heavy atom. The molecule has 9 heteroatoms. The second-order valence-corrected chi connectivity index (χ2v) is 8.43. The van der Waals surface area contributed by atoms with Crippen LogP contribution in [-0.2, 0) is 25.4 Å². The summed E-state index contributed by atoms with van der Waals surface area (Å²) in [5, 5.41) is 11.5. The minimum Gasteiger partial charge on any atom is -0.508 e. The first-order chi connectivity index (χ1) is 15.8. The highest BCUT2D eigenvalue weighted by Crippen LogP contribution is 2.43. The van der Waals surface area contributed by atoms with Gasteiger partial charge in [0.05, 0.1) is 36.0 Å². The molecule has 1 aliphatic heterocycles. The highest BCUT2D eigenvalue weighted by molar-refractivity contribution is 6.30. The molecule has 33 heavy (non-hydrogen) atoms. The Morgan fingerprint density at radius 2 is 1.82 bits per heavy atom. The molecule has 3 heterocycles. The highest BCUT2D eigenvalue weighted by Gasteiger charge is 2.34. The van der Waals surface area contributed by atoms with Gasteiger partial charge in [-0.05, 0) is 48.0 Å². The molecule has 1 N–H and O–H groups in total. The monoisotopic (exact) mass is 467 g/mol. The third-order valence-electron chi connectivity index (χ3n) is 6.19. The Balaban J connectivity index is 1.93. The van der Waals surface area contributed by atoms with Crippen LogP contribution in [0.1, 0.15) is 17.4 Å². The van der Waals surface area contributed by atoms with Gasteiger partial charge in [-0.2, -0.15) is 0 Å². The first-order valence-electron chi connectivity index (χ1n) is 10.4. The number of phenols is 1. The van der Waals surface area contributed by atoms with E-state index in [1.54, 1.807) is 26.3 Å². The van der Waals surface area contributed by atoms with Gasteiger partial charge in [0.2, 0.25) is 0 Å². The molecule has 0 unspecified atom stereocenters. The van der Waals surface area contributed by atoms with Gasteiger partial charge in [-0.3, -0.25) is 13.9 Å². The molecule has 0 spiro atoms. The minimum absolute atomic E-state index is 0.0204. The molecule has 0 radical (unpaired) electrons. The minimum atomic E-state index is -0.718. The van der Waals surface area contributed by atoms with Crippen molar-refractivity contribution in [3.63, 3.8) is 0 Å². The van der Waals surface area contributed by atoms with Crippen LogP contribution >= 0.6 is 11.6 Å². The number of halogens is 1. The fraction of sp³-hybridized carbons (Fsp3) is 0.250. The topological polar surface area (TPSA) is 87.6 Å². The number of hydrogen-bond donors (Lipinski definition) is 1. The van der Waals surface area contributed by atoms with Crippen LogP contribution in [0.2, 0.25) is 5.02 Å². The molecule has 2 aromatic heterocycles. The summed E-state index contributed by atoms with van der Waals surface area (Å²) in [6, 6.07) is 12.2. The van der Waals surface area contributed by atoms with Crippen molar-refractivity contribution >= 4 is 22.5 Å². The second kappa shape index (κ2) is 7.83. The Morgan fingerprint density at radius 3 is 2.52 bits per heavy atom. The first-order valence-corrected chi connectivity index (χ1v) is 10.8. The number of aromatic nitrogens is 3. The number of rotatable bonds is 3. The molecule has 5 rings (SSSR count). The van der Waals surface area contributed by atoms with E-state index in [-0.39, 0.29) is 5.75 Å². The van der Waals surface area contributed by atoms with E-state index in [0.717, 1.165) is 10.1 Å². The van der Waals surface area contributed by atoms with Gasteiger partial charge in [-0.25, -0.2) is 4.79 Å². The summed E-state index contributed by atoms with van der Waals surface area (Å²) in [6.45, 7) is 0.822. The third-order valence-corrected chi connectivity index (χ3v) is 6.42. The summed E-state index contributed by atoms with van der Waals surface area (Å²) in [5.74, 6) is 0.714. The number of hydrogen-bond acceptors (Lipinski definition) is 5. The molecule has 170 valence electrons. The summed E-state index contributed by atoms with van der Waals surface area (Å²) in [7, 11) is 4.69. The van der Waals surface area contributed by atoms with Gasteiger partial charge >= 0.3 is 5.69 Å². The normalized spacial score (nSPS) is 15.6. The molecule has 0 amide bonds. The van der Waals surface area contributed by atoms with Crippen LogP contribution in [0.25, 0.3) is 22.2 Å². The zero-order chi connectivity index (χ0) is 23.4. The number of nitrogens with zero attached hydrogens (tertiary/aromatic N) is 3. The van der Waals surface area contributed by atoms with Crippen molar-refractivity contribution in [2.75, 3.05) is 13.7 Å². The van der Waals surface area contributed by atoms with E-state index in [1.165, 1.54) is 17.7 Å². The number of fused-ring (bicyclic) bond motifs is 3. The SMILES string of the molecule is COc1ccc(-c2c3c(=O)n(C)c(=O)n(C)c3c3n2CCO[C@@H]3c2cc(Cl)ccc2O)cc1. The molecule has 8 nitrogen and oxygen atoms in total. The van der Waals surface area contributed by atoms with Crippen molar-refractivity contribution < 1.29 is 14.6 Å². The highest BCUT2D eigenvalue weighted by atomic mass is 35.5. The van der Waals surface area contributed by atoms with Crippen LogP contribution in [0.4, 0.5) is 0 Å². The average Bonchev–Trinajstić information content (AvgIpc) is 3.18. The van der Waals surface area contributed by atoms with Crippen LogP contribution < -0.4 is 16.0 Å². The van der Waals surface area contributed by atoms with E-state index in [9.17, 15) is 14.7 Å². The molecule has 0 fully saturated rings. The molecular weight excluding hydrogens is 446 g/mol. The average molecular weight is 468 g/mol. The number of aromatic hydroxyl groups is 1. The predicted molar refractivity (Wildman–Crippen MR) is 125 cm³/mol. The van der Waals surface area contributed by atoms with Gasteiger partial charge in [0.25, 0.3) is 5.56 Å². The van der Waals surface area contributed by atoms with E-state index < -0.39 is 17.4 Å². The van der Waals surface area contributed by atoms with Gasteiger partial charge in [0, 0.05) is 31.2 Å². The zero-order valence-corrected chi connectivity index (χ0v) is 19.1. The lowest BCUT2D eigenvalue weighted by molar-refractivity contribution is 0.0464. The van der Waals surface area contributed by atoms with E-state index in [1.807, 2.05) is 28.8 Å². The van der Waals surface area contributed by atoms with Crippen LogP contribution in [0.15, 0.2) is 52.1 Å². The maximum atomic E-state index is 13.4. The molecule has 0 bridgehead atoms. The fourth-order valence-corrected chi connectivity index (χ4v) is 4.78. The van der Waals surface area contributed by atoms with Gasteiger partial charge in [0.1, 0.15) is 17.6 Å². The Kier molecular flexibility index (Phi) is 5.07. The maximum absolute atomic E-state index is 13.4. The van der Waals surface area contributed by atoms with Crippen LogP contribution in [0, 0.1) is 0 Å². The largest absolute Gasteiger partial charge is 0.508 e. The number of benzene rings is 2. The molecular formula is C24H22ClN3O5. The molecule has 0 aliphatic carbocycles. The lowest BCUT2D eigenvalue weighted by Gasteiger charge is -2.28. The third kappa shape index (κ3) is 3.17. The van der Waals surface area contributed by atoms with E-state index in [2.05, 4.69) is 0 Å². The maximum Gasteiger partial charge on any atom is 0.331 e. The lowest BCUT2D eigenvalue weighted by atomic mass is 10.0.